The monoisotopic (exact) mass is 304 g/mol. The molecule has 1 aliphatic rings. The summed E-state index contributed by atoms with van der Waals surface area (Å²) < 4.78 is 5.19. The van der Waals surface area contributed by atoms with Gasteiger partial charge < -0.3 is 20.1 Å². The van der Waals surface area contributed by atoms with E-state index in [4.69, 9.17) is 4.74 Å². The fraction of sp³-hybridized carbons (Fsp3) is 0.846. The van der Waals surface area contributed by atoms with Crippen molar-refractivity contribution in [3.05, 3.63) is 0 Å². The van der Waals surface area contributed by atoms with Crippen molar-refractivity contribution in [2.24, 2.45) is 0 Å². The maximum Gasteiger partial charge on any atom is 0.329 e. The number of carbonyl (C=O) groups excluding carboxylic acids is 1. The van der Waals surface area contributed by atoms with Gasteiger partial charge in [0.2, 0.25) is 0 Å². The third-order valence-electron chi connectivity index (χ3n) is 3.82. The Morgan fingerprint density at radius 3 is 2.55 bits per heavy atom. The molecule has 0 radical (unpaired) electrons. The second kappa shape index (κ2) is 7.73. The van der Waals surface area contributed by atoms with Crippen molar-refractivity contribution in [2.75, 3.05) is 32.3 Å². The number of carboxylic acids is 1. The Labute approximate surface area is 124 Å². The minimum Gasteiger partial charge on any atom is -0.480 e. The summed E-state index contributed by atoms with van der Waals surface area (Å²) in [4.78, 5) is 25.3. The largest absolute Gasteiger partial charge is 0.480 e. The molecule has 2 amide bonds. The molecule has 1 unspecified atom stereocenters. The summed E-state index contributed by atoms with van der Waals surface area (Å²) in [7, 11) is 1.70. The predicted molar refractivity (Wildman–Crippen MR) is 79.2 cm³/mol. The van der Waals surface area contributed by atoms with Crippen molar-refractivity contribution in [1.82, 2.24) is 10.2 Å². The van der Waals surface area contributed by atoms with E-state index in [0.717, 1.165) is 12.2 Å². The van der Waals surface area contributed by atoms with Gasteiger partial charge in [0.05, 0.1) is 0 Å². The third kappa shape index (κ3) is 4.28. The van der Waals surface area contributed by atoms with Gasteiger partial charge in [0.15, 0.2) is 0 Å². The van der Waals surface area contributed by atoms with Crippen LogP contribution in [0.1, 0.15) is 26.2 Å². The van der Waals surface area contributed by atoms with Gasteiger partial charge in [-0.05, 0) is 25.4 Å². The lowest BCUT2D eigenvalue weighted by atomic mass is 9.90. The molecule has 1 heterocycles. The van der Waals surface area contributed by atoms with Crippen LogP contribution in [0.15, 0.2) is 0 Å². The summed E-state index contributed by atoms with van der Waals surface area (Å²) in [6, 6.07) is -0.254. The Morgan fingerprint density at radius 2 is 2.05 bits per heavy atom. The van der Waals surface area contributed by atoms with Crippen LogP contribution in [0, 0.1) is 0 Å². The second-order valence-corrected chi connectivity index (χ2v) is 6.16. The molecule has 6 nitrogen and oxygen atoms in total. The molecule has 1 atom stereocenters. The molecule has 20 heavy (non-hydrogen) atoms. The molecule has 116 valence electrons. The molecule has 0 aromatic heterocycles. The lowest BCUT2D eigenvalue weighted by Crippen LogP contribution is -2.60. The normalized spacial score (nSPS) is 19.1. The SMILES string of the molecule is CSCCC(C)N(C)C(=O)NC1(C(=O)O)CCOCC1. The minimum absolute atomic E-state index is 0.0770. The van der Waals surface area contributed by atoms with Gasteiger partial charge in [0, 0.05) is 39.1 Å². The zero-order chi connectivity index (χ0) is 15.2. The van der Waals surface area contributed by atoms with Crippen LogP contribution >= 0.6 is 11.8 Å². The highest BCUT2D eigenvalue weighted by atomic mass is 32.2. The zero-order valence-corrected chi connectivity index (χ0v) is 13.2. The summed E-state index contributed by atoms with van der Waals surface area (Å²) in [6.07, 6.45) is 3.52. The van der Waals surface area contributed by atoms with E-state index in [-0.39, 0.29) is 12.1 Å². The van der Waals surface area contributed by atoms with E-state index >= 15 is 0 Å². The van der Waals surface area contributed by atoms with Gasteiger partial charge in [-0.25, -0.2) is 9.59 Å². The number of hydrogen-bond donors (Lipinski definition) is 2. The van der Waals surface area contributed by atoms with Crippen LogP contribution in [0.4, 0.5) is 4.79 Å². The highest BCUT2D eigenvalue weighted by Crippen LogP contribution is 2.21. The fourth-order valence-electron chi connectivity index (χ4n) is 2.09. The number of carboxylic acid groups (broad SMARTS) is 1. The molecule has 0 bridgehead atoms. The van der Waals surface area contributed by atoms with Gasteiger partial charge in [0.25, 0.3) is 0 Å². The summed E-state index contributed by atoms with van der Waals surface area (Å²) in [5.41, 5.74) is -1.19. The summed E-state index contributed by atoms with van der Waals surface area (Å²) in [5.74, 6) is -0.0178. The number of amides is 2. The molecule has 1 rings (SSSR count). The smallest absolute Gasteiger partial charge is 0.329 e. The van der Waals surface area contributed by atoms with Crippen LogP contribution in [0.3, 0.4) is 0 Å². The fourth-order valence-corrected chi connectivity index (χ4v) is 2.66. The van der Waals surface area contributed by atoms with E-state index in [1.807, 2.05) is 13.2 Å². The molecule has 0 spiro atoms. The van der Waals surface area contributed by atoms with Gasteiger partial charge in [0.1, 0.15) is 5.54 Å². The number of aliphatic carboxylic acids is 1. The number of hydrogen-bond acceptors (Lipinski definition) is 4. The number of rotatable bonds is 6. The first kappa shape index (κ1) is 17.1. The van der Waals surface area contributed by atoms with E-state index in [0.29, 0.717) is 26.1 Å². The number of nitrogens with zero attached hydrogens (tertiary/aromatic N) is 1. The van der Waals surface area contributed by atoms with Gasteiger partial charge >= 0.3 is 12.0 Å². The number of urea groups is 1. The van der Waals surface area contributed by atoms with Crippen molar-refractivity contribution in [1.29, 1.82) is 0 Å². The third-order valence-corrected chi connectivity index (χ3v) is 4.47. The van der Waals surface area contributed by atoms with Crippen LogP contribution in [-0.4, -0.2) is 65.9 Å². The van der Waals surface area contributed by atoms with Gasteiger partial charge in [-0.3, -0.25) is 0 Å². The van der Waals surface area contributed by atoms with Crippen LogP contribution in [-0.2, 0) is 9.53 Å². The number of thioether (sulfide) groups is 1. The topological polar surface area (TPSA) is 78.9 Å². The molecule has 1 fully saturated rings. The molecular weight excluding hydrogens is 280 g/mol. The average molecular weight is 304 g/mol. The van der Waals surface area contributed by atoms with Gasteiger partial charge in [-0.2, -0.15) is 11.8 Å². The molecule has 0 aromatic carbocycles. The highest BCUT2D eigenvalue weighted by Gasteiger charge is 2.42. The van der Waals surface area contributed by atoms with Crippen LogP contribution in [0.2, 0.25) is 0 Å². The Bertz CT molecular complexity index is 345. The van der Waals surface area contributed by atoms with Crippen molar-refractivity contribution in [3.8, 4) is 0 Å². The Hall–Kier alpha value is -0.950. The molecule has 0 aliphatic carbocycles. The number of nitrogens with one attached hydrogen (secondary N) is 1. The Balaban J connectivity index is 2.64. The molecular formula is C13H24N2O4S. The summed E-state index contributed by atoms with van der Waals surface area (Å²) in [5, 5.41) is 12.1. The van der Waals surface area contributed by atoms with E-state index in [2.05, 4.69) is 5.32 Å². The van der Waals surface area contributed by atoms with E-state index in [1.165, 1.54) is 0 Å². The zero-order valence-electron chi connectivity index (χ0n) is 12.3. The molecule has 7 heteroatoms. The van der Waals surface area contributed by atoms with Gasteiger partial charge in [-0.15, -0.1) is 0 Å². The second-order valence-electron chi connectivity index (χ2n) is 5.17. The maximum absolute atomic E-state index is 12.2. The predicted octanol–water partition coefficient (Wildman–Crippen LogP) is 1.40. The molecule has 2 N–H and O–H groups in total. The Morgan fingerprint density at radius 1 is 1.45 bits per heavy atom. The lowest BCUT2D eigenvalue weighted by Gasteiger charge is -2.36. The molecule has 1 saturated heterocycles. The van der Waals surface area contributed by atoms with Crippen molar-refractivity contribution < 1.29 is 19.4 Å². The van der Waals surface area contributed by atoms with Crippen molar-refractivity contribution in [3.63, 3.8) is 0 Å². The standard InChI is InChI=1S/C13H24N2O4S/c1-10(4-9-20-3)15(2)12(18)14-13(11(16)17)5-7-19-8-6-13/h10H,4-9H2,1-3H3,(H,14,18)(H,16,17). The Kier molecular flexibility index (Phi) is 6.61. The first-order valence-corrected chi connectivity index (χ1v) is 8.17. The van der Waals surface area contributed by atoms with E-state index in [1.54, 1.807) is 23.7 Å². The van der Waals surface area contributed by atoms with Crippen LogP contribution < -0.4 is 5.32 Å². The quantitative estimate of drug-likeness (QED) is 0.775. The maximum atomic E-state index is 12.2. The molecule has 0 saturated carbocycles. The highest BCUT2D eigenvalue weighted by molar-refractivity contribution is 7.98. The van der Waals surface area contributed by atoms with E-state index in [9.17, 15) is 14.7 Å². The molecule has 1 aliphatic heterocycles. The van der Waals surface area contributed by atoms with Crippen molar-refractivity contribution >= 4 is 23.8 Å². The minimum atomic E-state index is -1.19. The van der Waals surface area contributed by atoms with Crippen LogP contribution in [0.5, 0.6) is 0 Å². The lowest BCUT2D eigenvalue weighted by molar-refractivity contribution is -0.148. The summed E-state index contributed by atoms with van der Waals surface area (Å²) >= 11 is 1.73. The van der Waals surface area contributed by atoms with Gasteiger partial charge in [-0.1, -0.05) is 0 Å². The molecule has 0 aromatic rings. The summed E-state index contributed by atoms with van der Waals surface area (Å²) in [6.45, 7) is 2.68. The number of ether oxygens (including phenoxy) is 1. The first-order chi connectivity index (χ1) is 9.43. The number of carbonyl (C=O) groups is 2. The average Bonchev–Trinajstić information content (AvgIpc) is 2.44. The van der Waals surface area contributed by atoms with E-state index < -0.39 is 11.5 Å². The first-order valence-electron chi connectivity index (χ1n) is 6.78. The van der Waals surface area contributed by atoms with Crippen molar-refractivity contribution in [2.45, 2.75) is 37.8 Å². The van der Waals surface area contributed by atoms with Crippen LogP contribution in [0.25, 0.3) is 0 Å².